The van der Waals surface area contributed by atoms with Crippen molar-refractivity contribution in [2.24, 2.45) is 16.3 Å². The minimum Gasteiger partial charge on any atom is -0.496 e. The smallest absolute Gasteiger partial charge is 0.458 e. The first-order valence-corrected chi connectivity index (χ1v) is 9.29. The van der Waals surface area contributed by atoms with Crippen molar-refractivity contribution in [3.05, 3.63) is 41.2 Å². The summed E-state index contributed by atoms with van der Waals surface area (Å²) in [6.07, 6.45) is -3.85. The van der Waals surface area contributed by atoms with Gasteiger partial charge in [-0.1, -0.05) is 13.8 Å². The number of methoxy groups -OCH3 is 1. The maximum Gasteiger partial charge on any atom is 0.458 e. The van der Waals surface area contributed by atoms with E-state index in [9.17, 15) is 26.7 Å². The maximum absolute atomic E-state index is 13.9. The summed E-state index contributed by atoms with van der Waals surface area (Å²) in [5.74, 6) is -6.56. The van der Waals surface area contributed by atoms with Crippen molar-refractivity contribution in [2.45, 2.75) is 32.4 Å². The minimum atomic E-state index is -5.83. The van der Waals surface area contributed by atoms with E-state index in [0.29, 0.717) is 24.7 Å². The van der Waals surface area contributed by atoms with Crippen LogP contribution in [-0.4, -0.2) is 38.0 Å². The van der Waals surface area contributed by atoms with Gasteiger partial charge in [-0.2, -0.15) is 22.0 Å². The van der Waals surface area contributed by atoms with Crippen LogP contribution in [0.2, 0.25) is 0 Å². The standard InChI is InChI=1S/C20H22F5N3O2/c1-18(2)10-26-8-12-6-13(9-27-16(12)18)28-17(29)11-4-5-15(30-3)14(7-11)19(21,22)20(23,24)25/h4-5,7,9,12,26H,6,8,10H2,1-3H3,(H,28,29). The van der Waals surface area contributed by atoms with Crippen LogP contribution >= 0.6 is 0 Å². The highest BCUT2D eigenvalue weighted by atomic mass is 19.4. The molecule has 0 saturated carbocycles. The lowest BCUT2D eigenvalue weighted by Gasteiger charge is -2.39. The Morgan fingerprint density at radius 1 is 1.27 bits per heavy atom. The van der Waals surface area contributed by atoms with E-state index >= 15 is 0 Å². The van der Waals surface area contributed by atoms with Crippen LogP contribution in [0, 0.1) is 11.3 Å². The number of carbonyl (C=O) groups is 1. The van der Waals surface area contributed by atoms with Crippen LogP contribution in [0.15, 0.2) is 35.1 Å². The summed E-state index contributed by atoms with van der Waals surface area (Å²) in [6, 6.07) is 2.56. The molecule has 0 spiro atoms. The average molecular weight is 431 g/mol. The fourth-order valence-corrected chi connectivity index (χ4v) is 3.76. The molecule has 1 aromatic rings. The maximum atomic E-state index is 13.9. The summed E-state index contributed by atoms with van der Waals surface area (Å²) < 4.78 is 70.9. The van der Waals surface area contributed by atoms with E-state index < -0.39 is 29.3 Å². The summed E-state index contributed by atoms with van der Waals surface area (Å²) in [6.45, 7) is 5.57. The molecular formula is C20H22F5N3O2. The SMILES string of the molecule is COc1ccc(C(=O)NC2=CN=C3C(CNCC3(C)C)C2)cc1C(F)(F)C(F)(F)F. The molecular weight excluding hydrogens is 409 g/mol. The fourth-order valence-electron chi connectivity index (χ4n) is 3.76. The Hall–Kier alpha value is -2.49. The highest BCUT2D eigenvalue weighted by Crippen LogP contribution is 2.47. The Balaban J connectivity index is 1.86. The highest BCUT2D eigenvalue weighted by molar-refractivity contribution is 5.97. The molecule has 30 heavy (non-hydrogen) atoms. The summed E-state index contributed by atoms with van der Waals surface area (Å²) in [7, 11) is 0.979. The lowest BCUT2D eigenvalue weighted by Crippen LogP contribution is -2.50. The lowest BCUT2D eigenvalue weighted by atomic mass is 9.75. The third kappa shape index (κ3) is 4.05. The second-order valence-electron chi connectivity index (χ2n) is 8.03. The molecule has 1 atom stereocenters. The first-order chi connectivity index (χ1) is 13.9. The zero-order chi connectivity index (χ0) is 22.3. The van der Waals surface area contributed by atoms with Gasteiger partial charge in [0.15, 0.2) is 0 Å². The number of halogens is 5. The molecule has 2 aliphatic heterocycles. The van der Waals surface area contributed by atoms with Crippen molar-refractivity contribution in [3.63, 3.8) is 0 Å². The average Bonchev–Trinajstić information content (AvgIpc) is 2.66. The Kier molecular flexibility index (Phi) is 5.66. The van der Waals surface area contributed by atoms with Gasteiger partial charge >= 0.3 is 12.1 Å². The molecule has 2 aliphatic rings. The molecule has 0 radical (unpaired) electrons. The van der Waals surface area contributed by atoms with Crippen LogP contribution in [0.1, 0.15) is 36.2 Å². The van der Waals surface area contributed by atoms with Crippen LogP contribution in [-0.2, 0) is 5.92 Å². The number of amides is 1. The molecule has 3 rings (SSSR count). The molecule has 1 unspecified atom stereocenters. The van der Waals surface area contributed by atoms with Gasteiger partial charge in [0.05, 0.1) is 12.7 Å². The van der Waals surface area contributed by atoms with Crippen LogP contribution in [0.25, 0.3) is 0 Å². The molecule has 1 saturated heterocycles. The number of nitrogens with zero attached hydrogens (tertiary/aromatic N) is 1. The second kappa shape index (κ2) is 7.64. The van der Waals surface area contributed by atoms with Gasteiger partial charge in [0.2, 0.25) is 0 Å². The molecule has 10 heteroatoms. The van der Waals surface area contributed by atoms with E-state index in [4.69, 9.17) is 0 Å². The molecule has 0 aromatic heterocycles. The molecule has 5 nitrogen and oxygen atoms in total. The van der Waals surface area contributed by atoms with Crippen molar-refractivity contribution < 1.29 is 31.5 Å². The zero-order valence-corrected chi connectivity index (χ0v) is 16.7. The van der Waals surface area contributed by atoms with Crippen LogP contribution < -0.4 is 15.4 Å². The predicted octanol–water partition coefficient (Wildman–Crippen LogP) is 4.01. The van der Waals surface area contributed by atoms with Gasteiger partial charge in [0, 0.05) is 47.6 Å². The molecule has 1 fully saturated rings. The van der Waals surface area contributed by atoms with Crippen molar-refractivity contribution in [2.75, 3.05) is 20.2 Å². The van der Waals surface area contributed by atoms with Crippen molar-refractivity contribution in [1.29, 1.82) is 0 Å². The predicted molar refractivity (Wildman–Crippen MR) is 101 cm³/mol. The minimum absolute atomic E-state index is 0.0649. The number of piperidine rings is 1. The molecule has 2 N–H and O–H groups in total. The van der Waals surface area contributed by atoms with E-state index in [1.165, 1.54) is 6.20 Å². The molecule has 0 aliphatic carbocycles. The van der Waals surface area contributed by atoms with Crippen LogP contribution in [0.3, 0.4) is 0 Å². The Morgan fingerprint density at radius 3 is 2.60 bits per heavy atom. The van der Waals surface area contributed by atoms with E-state index in [-0.39, 0.29) is 16.9 Å². The number of ether oxygens (including phenoxy) is 1. The Labute approximate surface area is 170 Å². The number of hydrogen-bond acceptors (Lipinski definition) is 4. The van der Waals surface area contributed by atoms with Gasteiger partial charge in [0.25, 0.3) is 5.91 Å². The Bertz CT molecular complexity index is 906. The summed E-state index contributed by atoms with van der Waals surface area (Å²) >= 11 is 0. The monoisotopic (exact) mass is 431 g/mol. The summed E-state index contributed by atoms with van der Waals surface area (Å²) in [5, 5.41) is 5.88. The van der Waals surface area contributed by atoms with Crippen LogP contribution in [0.5, 0.6) is 5.75 Å². The van der Waals surface area contributed by atoms with Gasteiger partial charge in [-0.15, -0.1) is 0 Å². The molecule has 0 bridgehead atoms. The molecule has 2 heterocycles. The van der Waals surface area contributed by atoms with Gasteiger partial charge in [-0.25, -0.2) is 0 Å². The van der Waals surface area contributed by atoms with Crippen molar-refractivity contribution in [1.82, 2.24) is 10.6 Å². The van der Waals surface area contributed by atoms with Crippen molar-refractivity contribution >= 4 is 11.6 Å². The van der Waals surface area contributed by atoms with Gasteiger partial charge in [-0.3, -0.25) is 9.79 Å². The summed E-state index contributed by atoms with van der Waals surface area (Å²) in [4.78, 5) is 17.0. The van der Waals surface area contributed by atoms with Crippen LogP contribution in [0.4, 0.5) is 22.0 Å². The van der Waals surface area contributed by atoms with E-state index in [1.807, 2.05) is 0 Å². The van der Waals surface area contributed by atoms with Gasteiger partial charge in [0.1, 0.15) is 5.75 Å². The number of rotatable bonds is 4. The number of aliphatic imine (C=N–C) groups is 1. The second-order valence-corrected chi connectivity index (χ2v) is 8.03. The van der Waals surface area contributed by atoms with Gasteiger partial charge < -0.3 is 15.4 Å². The topological polar surface area (TPSA) is 62.7 Å². The largest absolute Gasteiger partial charge is 0.496 e. The lowest BCUT2D eigenvalue weighted by molar-refractivity contribution is -0.289. The first-order valence-electron chi connectivity index (χ1n) is 9.29. The number of benzene rings is 1. The number of carbonyl (C=O) groups excluding carboxylic acids is 1. The van der Waals surface area contributed by atoms with E-state index in [1.54, 1.807) is 0 Å². The van der Waals surface area contributed by atoms with Crippen molar-refractivity contribution in [3.8, 4) is 5.75 Å². The first kappa shape index (κ1) is 22.2. The quantitative estimate of drug-likeness (QED) is 0.709. The van der Waals surface area contributed by atoms with Gasteiger partial charge in [-0.05, 0) is 24.6 Å². The molecule has 164 valence electrons. The Morgan fingerprint density at radius 2 is 1.97 bits per heavy atom. The number of fused-ring (bicyclic) bond motifs is 1. The molecule has 1 amide bonds. The number of nitrogens with one attached hydrogen (secondary N) is 2. The molecule has 1 aromatic carbocycles. The number of alkyl halides is 5. The summed E-state index contributed by atoms with van der Waals surface area (Å²) in [5.41, 5.74) is -0.416. The van der Waals surface area contributed by atoms with E-state index in [0.717, 1.165) is 31.5 Å². The fraction of sp³-hybridized carbons (Fsp3) is 0.500. The van der Waals surface area contributed by atoms with E-state index in [2.05, 4.69) is 34.2 Å². The number of allylic oxidation sites excluding steroid dienone is 1. The third-order valence-corrected chi connectivity index (χ3v) is 5.29. The number of hydrogen-bond donors (Lipinski definition) is 2. The normalized spacial score (nSPS) is 21.3. The zero-order valence-electron chi connectivity index (χ0n) is 16.7. The highest BCUT2D eigenvalue weighted by Gasteiger charge is 2.60. The third-order valence-electron chi connectivity index (χ3n) is 5.29.